The van der Waals surface area contributed by atoms with Crippen LogP contribution >= 0.6 is 0 Å². The number of fused-ring (bicyclic) bond motifs is 3. The van der Waals surface area contributed by atoms with Crippen molar-refractivity contribution in [3.8, 4) is 0 Å². The molecule has 0 aromatic heterocycles. The van der Waals surface area contributed by atoms with Crippen molar-refractivity contribution in [1.82, 2.24) is 4.90 Å². The molecule has 1 aliphatic carbocycles. The third-order valence-corrected chi connectivity index (χ3v) is 5.85. The first kappa shape index (κ1) is 20.6. The molecule has 0 unspecified atom stereocenters. The number of benzene rings is 1. The van der Waals surface area contributed by atoms with Crippen molar-refractivity contribution in [1.29, 1.82) is 0 Å². The highest BCUT2D eigenvalue weighted by Crippen LogP contribution is 2.42. The molecule has 2 heterocycles. The van der Waals surface area contributed by atoms with Crippen LogP contribution < -0.4 is 0 Å². The molecule has 0 spiro atoms. The summed E-state index contributed by atoms with van der Waals surface area (Å²) in [7, 11) is 0. The second kappa shape index (κ2) is 8.07. The molecule has 1 aromatic rings. The van der Waals surface area contributed by atoms with Crippen LogP contribution in [0.5, 0.6) is 0 Å². The van der Waals surface area contributed by atoms with Crippen LogP contribution in [0.4, 0.5) is 4.79 Å². The minimum Gasteiger partial charge on any atom is -0.444 e. The predicted molar refractivity (Wildman–Crippen MR) is 105 cm³/mol. The Hall–Kier alpha value is -2.15. The van der Waals surface area contributed by atoms with Crippen molar-refractivity contribution in [2.75, 3.05) is 0 Å². The maximum Gasteiger partial charge on any atom is 0.410 e. The van der Waals surface area contributed by atoms with Gasteiger partial charge in [-0.1, -0.05) is 30.3 Å². The van der Waals surface area contributed by atoms with Gasteiger partial charge in [0.2, 0.25) is 6.04 Å². The van der Waals surface area contributed by atoms with E-state index in [0.717, 1.165) is 31.2 Å². The molecule has 1 aromatic carbocycles. The van der Waals surface area contributed by atoms with E-state index in [1.54, 1.807) is 25.7 Å². The van der Waals surface area contributed by atoms with Crippen LogP contribution in [-0.2, 0) is 11.2 Å². The van der Waals surface area contributed by atoms with E-state index in [0.29, 0.717) is 0 Å². The highest BCUT2D eigenvalue weighted by atomic mass is 16.6. The summed E-state index contributed by atoms with van der Waals surface area (Å²) in [5.41, 5.74) is 0.142. The molecule has 0 radical (unpaired) electrons. The van der Waals surface area contributed by atoms with Gasteiger partial charge >= 0.3 is 6.09 Å². The zero-order chi connectivity index (χ0) is 20.5. The maximum absolute atomic E-state index is 12.9. The van der Waals surface area contributed by atoms with Gasteiger partial charge in [0.15, 0.2) is 0 Å². The molecular weight excluding hydrogens is 360 g/mol. The predicted octanol–water partition coefficient (Wildman–Crippen LogP) is 3.41. The van der Waals surface area contributed by atoms with Gasteiger partial charge in [-0.2, -0.15) is 0 Å². The number of piperidine rings is 2. The standard InChI is InChI=1S/C21H30N2O5/c1-21(2,3)28-20(25)22-16-11-9-15(10-12-16)18(22)19(24)17(23(26)27)13-14-7-5-4-6-8-14/h4-8,15-19,24H,9-13H2,1-3H3/t15?,16?,17-,18+,19-/m0/s1. The largest absolute Gasteiger partial charge is 0.444 e. The van der Waals surface area contributed by atoms with Gasteiger partial charge in [-0.25, -0.2) is 4.79 Å². The Balaban J connectivity index is 1.85. The quantitative estimate of drug-likeness (QED) is 0.614. The average Bonchev–Trinajstić information content (AvgIpc) is 2.65. The maximum atomic E-state index is 12.9. The molecule has 1 saturated carbocycles. The van der Waals surface area contributed by atoms with Crippen LogP contribution in [0.2, 0.25) is 0 Å². The van der Waals surface area contributed by atoms with E-state index >= 15 is 0 Å². The third-order valence-electron chi connectivity index (χ3n) is 5.85. The summed E-state index contributed by atoms with van der Waals surface area (Å²) in [4.78, 5) is 25.9. The highest BCUT2D eigenvalue weighted by molar-refractivity contribution is 5.69. The Bertz CT molecular complexity index is 694. The van der Waals surface area contributed by atoms with Gasteiger partial charge in [0, 0.05) is 17.4 Å². The minimum atomic E-state index is -1.24. The fraction of sp³-hybridized carbons (Fsp3) is 0.667. The normalized spacial score (nSPS) is 26.6. The number of amides is 1. The van der Waals surface area contributed by atoms with Crippen LogP contribution in [0, 0.1) is 16.0 Å². The Kier molecular flexibility index (Phi) is 5.93. The van der Waals surface area contributed by atoms with Gasteiger partial charge in [-0.15, -0.1) is 0 Å². The highest BCUT2D eigenvalue weighted by Gasteiger charge is 2.52. The van der Waals surface area contributed by atoms with Crippen LogP contribution in [0.1, 0.15) is 52.0 Å². The molecule has 28 heavy (non-hydrogen) atoms. The van der Waals surface area contributed by atoms with E-state index < -0.39 is 34.8 Å². The van der Waals surface area contributed by atoms with E-state index in [9.17, 15) is 20.0 Å². The van der Waals surface area contributed by atoms with E-state index in [2.05, 4.69) is 0 Å². The number of nitrogens with zero attached hydrogens (tertiary/aromatic N) is 2. The third kappa shape index (κ3) is 4.46. The number of hydrogen-bond acceptors (Lipinski definition) is 5. The summed E-state index contributed by atoms with van der Waals surface area (Å²) in [5, 5.41) is 22.9. The molecular formula is C21H30N2O5. The van der Waals surface area contributed by atoms with Crippen LogP contribution in [0.25, 0.3) is 0 Å². The monoisotopic (exact) mass is 390 g/mol. The molecule has 2 saturated heterocycles. The topological polar surface area (TPSA) is 92.9 Å². The zero-order valence-corrected chi connectivity index (χ0v) is 16.8. The molecule has 7 nitrogen and oxygen atoms in total. The Morgan fingerprint density at radius 2 is 1.86 bits per heavy atom. The van der Waals surface area contributed by atoms with Crippen LogP contribution in [0.3, 0.4) is 0 Å². The molecule has 2 aliphatic heterocycles. The van der Waals surface area contributed by atoms with Crippen molar-refractivity contribution < 1.29 is 19.6 Å². The lowest BCUT2D eigenvalue weighted by Gasteiger charge is -2.52. The summed E-state index contributed by atoms with van der Waals surface area (Å²) >= 11 is 0. The second-order valence-electron chi connectivity index (χ2n) is 8.98. The summed E-state index contributed by atoms with van der Waals surface area (Å²) in [6, 6.07) is 7.37. The number of carbonyl (C=O) groups is 1. The van der Waals surface area contributed by atoms with Crippen LogP contribution in [0.15, 0.2) is 30.3 Å². The first-order chi connectivity index (χ1) is 13.2. The smallest absolute Gasteiger partial charge is 0.410 e. The SMILES string of the molecule is CC(C)(C)OC(=O)N1C2CCC(CC2)[C@@H]1[C@@H](O)[C@H](Cc1ccccc1)[N+](=O)[O-]. The van der Waals surface area contributed by atoms with Crippen molar-refractivity contribution >= 4 is 6.09 Å². The number of hydrogen-bond donors (Lipinski definition) is 1. The number of aliphatic hydroxyl groups excluding tert-OH is 1. The first-order valence-electron chi connectivity index (χ1n) is 10.0. The summed E-state index contributed by atoms with van der Waals surface area (Å²) in [6.07, 6.45) is 1.88. The molecule has 1 amide bonds. The lowest BCUT2D eigenvalue weighted by Crippen LogP contribution is -2.65. The molecule has 3 aliphatic rings. The van der Waals surface area contributed by atoms with E-state index in [1.165, 1.54) is 0 Å². The minimum absolute atomic E-state index is 0.0244. The Morgan fingerprint density at radius 1 is 1.25 bits per heavy atom. The van der Waals surface area contributed by atoms with Crippen molar-refractivity contribution in [3.63, 3.8) is 0 Å². The van der Waals surface area contributed by atoms with Gasteiger partial charge in [0.1, 0.15) is 11.7 Å². The second-order valence-corrected chi connectivity index (χ2v) is 8.98. The fourth-order valence-electron chi connectivity index (χ4n) is 4.62. The fourth-order valence-corrected chi connectivity index (χ4v) is 4.62. The van der Waals surface area contributed by atoms with Gasteiger partial charge in [0.05, 0.1) is 6.04 Å². The Morgan fingerprint density at radius 3 is 2.39 bits per heavy atom. The van der Waals surface area contributed by atoms with E-state index in [1.807, 2.05) is 30.3 Å². The molecule has 2 bridgehead atoms. The first-order valence-corrected chi connectivity index (χ1v) is 10.0. The lowest BCUT2D eigenvalue weighted by molar-refractivity contribution is -0.536. The number of aliphatic hydroxyl groups is 1. The number of carbonyl (C=O) groups excluding carboxylic acids is 1. The summed E-state index contributed by atoms with van der Waals surface area (Å²) in [6.45, 7) is 5.40. The van der Waals surface area contributed by atoms with Gasteiger partial charge < -0.3 is 9.84 Å². The van der Waals surface area contributed by atoms with Gasteiger partial charge in [0.25, 0.3) is 0 Å². The number of ether oxygens (including phenoxy) is 1. The molecule has 3 atom stereocenters. The van der Waals surface area contributed by atoms with Gasteiger partial charge in [-0.3, -0.25) is 15.0 Å². The lowest BCUT2D eigenvalue weighted by atomic mass is 9.71. The van der Waals surface area contributed by atoms with Crippen molar-refractivity contribution in [2.45, 2.75) is 82.7 Å². The van der Waals surface area contributed by atoms with Crippen LogP contribution in [-0.4, -0.2) is 50.9 Å². The average molecular weight is 390 g/mol. The van der Waals surface area contributed by atoms with Crippen molar-refractivity contribution in [3.05, 3.63) is 46.0 Å². The van der Waals surface area contributed by atoms with E-state index in [4.69, 9.17) is 4.74 Å². The molecule has 4 rings (SSSR count). The Labute approximate surface area is 165 Å². The molecule has 154 valence electrons. The summed E-state index contributed by atoms with van der Waals surface area (Å²) < 4.78 is 5.57. The molecule has 7 heteroatoms. The number of rotatable bonds is 5. The molecule has 1 N–H and O–H groups in total. The zero-order valence-electron chi connectivity index (χ0n) is 16.8. The van der Waals surface area contributed by atoms with Crippen molar-refractivity contribution in [2.24, 2.45) is 5.92 Å². The van der Waals surface area contributed by atoms with E-state index in [-0.39, 0.29) is 18.4 Å². The molecule has 3 fully saturated rings. The van der Waals surface area contributed by atoms with Gasteiger partial charge in [-0.05, 0) is 57.9 Å². The summed E-state index contributed by atoms with van der Waals surface area (Å²) in [5.74, 6) is 0.0609. The number of nitro groups is 1.